The summed E-state index contributed by atoms with van der Waals surface area (Å²) in [5, 5.41) is 8.72. The summed E-state index contributed by atoms with van der Waals surface area (Å²) in [4.78, 5) is 36.2. The Balaban J connectivity index is 2.03. The van der Waals surface area contributed by atoms with E-state index in [9.17, 15) is 14.4 Å². The number of carbonyl (C=O) groups excluding carboxylic acids is 3. The van der Waals surface area contributed by atoms with Crippen LogP contribution in [-0.4, -0.2) is 23.9 Å². The molecule has 0 saturated heterocycles. The lowest BCUT2D eigenvalue weighted by Gasteiger charge is -2.24. The summed E-state index contributed by atoms with van der Waals surface area (Å²) in [5.74, 6) is -0.736. The summed E-state index contributed by atoms with van der Waals surface area (Å²) in [5.41, 5.74) is 6.93. The third kappa shape index (κ3) is 6.50. The van der Waals surface area contributed by atoms with Crippen molar-refractivity contribution in [1.82, 2.24) is 10.6 Å². The summed E-state index contributed by atoms with van der Waals surface area (Å²) >= 11 is 5.85. The Hall–Kier alpha value is -3.06. The molecule has 8 heteroatoms. The molecule has 7 nitrogen and oxygen atoms in total. The molecule has 2 unspecified atom stereocenters. The first kappa shape index (κ1) is 22.2. The van der Waals surface area contributed by atoms with Crippen molar-refractivity contribution in [3.63, 3.8) is 0 Å². The van der Waals surface area contributed by atoms with E-state index in [1.54, 1.807) is 48.5 Å². The maximum atomic E-state index is 12.8. The minimum absolute atomic E-state index is 0.111. The van der Waals surface area contributed by atoms with Gasteiger partial charge in [-0.3, -0.25) is 9.59 Å². The van der Waals surface area contributed by atoms with Gasteiger partial charge in [-0.1, -0.05) is 37.6 Å². The first-order chi connectivity index (χ1) is 13.7. The van der Waals surface area contributed by atoms with Crippen molar-refractivity contribution in [2.45, 2.75) is 32.9 Å². The molecule has 5 N–H and O–H groups in total. The van der Waals surface area contributed by atoms with Crippen molar-refractivity contribution >= 4 is 35.1 Å². The molecule has 0 spiro atoms. The van der Waals surface area contributed by atoms with Crippen LogP contribution < -0.4 is 21.7 Å². The van der Waals surface area contributed by atoms with Gasteiger partial charge in [0.1, 0.15) is 6.04 Å². The van der Waals surface area contributed by atoms with E-state index in [2.05, 4.69) is 16.0 Å². The van der Waals surface area contributed by atoms with E-state index in [1.807, 2.05) is 20.8 Å². The van der Waals surface area contributed by atoms with E-state index in [4.69, 9.17) is 17.3 Å². The van der Waals surface area contributed by atoms with Gasteiger partial charge in [0.2, 0.25) is 5.91 Å². The van der Waals surface area contributed by atoms with E-state index >= 15 is 0 Å². The Labute approximate surface area is 175 Å². The van der Waals surface area contributed by atoms with Crippen LogP contribution in [0.1, 0.15) is 42.7 Å². The van der Waals surface area contributed by atoms with E-state index < -0.39 is 12.1 Å². The summed E-state index contributed by atoms with van der Waals surface area (Å²) in [6.07, 6.45) is 0. The van der Waals surface area contributed by atoms with Crippen LogP contribution >= 0.6 is 11.6 Å². The molecule has 0 aliphatic rings. The van der Waals surface area contributed by atoms with E-state index in [0.717, 1.165) is 5.56 Å². The number of nitrogens with two attached hydrogens (primary N) is 1. The van der Waals surface area contributed by atoms with Crippen LogP contribution in [0.25, 0.3) is 0 Å². The fourth-order valence-electron chi connectivity index (χ4n) is 2.74. The second kappa shape index (κ2) is 9.93. The summed E-state index contributed by atoms with van der Waals surface area (Å²) in [6, 6.07) is 11.8. The van der Waals surface area contributed by atoms with Crippen LogP contribution in [-0.2, 0) is 4.79 Å². The highest BCUT2D eigenvalue weighted by atomic mass is 35.5. The molecule has 0 aromatic heterocycles. The lowest BCUT2D eigenvalue weighted by Crippen LogP contribution is -2.50. The molecular weight excluding hydrogens is 392 g/mol. The third-order valence-electron chi connectivity index (χ3n) is 4.38. The van der Waals surface area contributed by atoms with Gasteiger partial charge in [-0.15, -0.1) is 0 Å². The molecule has 29 heavy (non-hydrogen) atoms. The average molecular weight is 417 g/mol. The molecular formula is C21H25ClN4O3. The second-order valence-electron chi connectivity index (χ2n) is 7.04. The van der Waals surface area contributed by atoms with Crippen LogP contribution in [0.4, 0.5) is 10.5 Å². The van der Waals surface area contributed by atoms with Crippen molar-refractivity contribution in [1.29, 1.82) is 0 Å². The molecule has 2 atom stereocenters. The maximum Gasteiger partial charge on any atom is 0.316 e. The van der Waals surface area contributed by atoms with Crippen molar-refractivity contribution in [3.8, 4) is 0 Å². The zero-order valence-electron chi connectivity index (χ0n) is 16.5. The predicted molar refractivity (Wildman–Crippen MR) is 114 cm³/mol. The number of nitrogens with one attached hydrogen (secondary N) is 3. The number of primary amides is 1. The molecule has 4 amide bonds. The van der Waals surface area contributed by atoms with Crippen LogP contribution in [0.2, 0.25) is 5.02 Å². The maximum absolute atomic E-state index is 12.8. The summed E-state index contributed by atoms with van der Waals surface area (Å²) in [6.45, 7) is 5.56. The van der Waals surface area contributed by atoms with Gasteiger partial charge in [0.15, 0.2) is 0 Å². The van der Waals surface area contributed by atoms with Crippen molar-refractivity contribution in [2.24, 2.45) is 11.7 Å². The molecule has 2 aromatic rings. The van der Waals surface area contributed by atoms with Gasteiger partial charge in [0.25, 0.3) is 5.91 Å². The largest absolute Gasteiger partial charge is 0.351 e. The number of benzene rings is 2. The number of hydrogen-bond acceptors (Lipinski definition) is 3. The van der Waals surface area contributed by atoms with Gasteiger partial charge in [-0.25, -0.2) is 4.79 Å². The molecule has 2 aromatic carbocycles. The first-order valence-corrected chi connectivity index (χ1v) is 9.58. The predicted octanol–water partition coefficient (Wildman–Crippen LogP) is 3.46. The van der Waals surface area contributed by atoms with Crippen molar-refractivity contribution in [3.05, 3.63) is 64.7 Å². The molecule has 0 saturated carbocycles. The quantitative estimate of drug-likeness (QED) is 0.554. The summed E-state index contributed by atoms with van der Waals surface area (Å²) in [7, 11) is 0. The lowest BCUT2D eigenvalue weighted by molar-refractivity contribution is -0.124. The standard InChI is InChI=1S/C21H25ClN4O3/c1-12(2)18(26-19(27)15-4-8-16(22)9-5-15)20(28)24-13(3)14-6-10-17(11-7-14)25-21(23)29/h4-13,18H,1-3H3,(H,24,28)(H,26,27)(H3,23,25,29). The van der Waals surface area contributed by atoms with Gasteiger partial charge in [0.05, 0.1) is 6.04 Å². The Morgan fingerprint density at radius 2 is 1.48 bits per heavy atom. The number of hydrogen-bond donors (Lipinski definition) is 4. The van der Waals surface area contributed by atoms with Gasteiger partial charge in [0, 0.05) is 16.3 Å². The zero-order valence-corrected chi connectivity index (χ0v) is 17.3. The highest BCUT2D eigenvalue weighted by Crippen LogP contribution is 2.17. The SMILES string of the molecule is CC(NC(=O)C(NC(=O)c1ccc(Cl)cc1)C(C)C)c1ccc(NC(N)=O)cc1. The molecule has 0 aliphatic heterocycles. The minimum atomic E-state index is -0.698. The normalized spacial score (nSPS) is 12.7. The molecule has 0 bridgehead atoms. The molecule has 0 fully saturated rings. The van der Waals surface area contributed by atoms with Gasteiger partial charge in [-0.2, -0.15) is 0 Å². The highest BCUT2D eigenvalue weighted by Gasteiger charge is 2.26. The Kier molecular flexibility index (Phi) is 7.61. The molecule has 2 rings (SSSR count). The fraction of sp³-hybridized carbons (Fsp3) is 0.286. The second-order valence-corrected chi connectivity index (χ2v) is 7.48. The summed E-state index contributed by atoms with van der Waals surface area (Å²) < 4.78 is 0. The van der Waals surface area contributed by atoms with Gasteiger partial charge in [-0.05, 0) is 54.8 Å². The smallest absolute Gasteiger partial charge is 0.316 e. The van der Waals surface area contributed by atoms with Crippen LogP contribution in [0.15, 0.2) is 48.5 Å². The minimum Gasteiger partial charge on any atom is -0.351 e. The molecule has 0 aliphatic carbocycles. The van der Waals surface area contributed by atoms with Crippen molar-refractivity contribution < 1.29 is 14.4 Å². The van der Waals surface area contributed by atoms with Gasteiger partial charge >= 0.3 is 6.03 Å². The van der Waals surface area contributed by atoms with Gasteiger partial charge < -0.3 is 21.7 Å². The zero-order chi connectivity index (χ0) is 21.6. The van der Waals surface area contributed by atoms with E-state index in [0.29, 0.717) is 16.3 Å². The van der Waals surface area contributed by atoms with Crippen molar-refractivity contribution in [2.75, 3.05) is 5.32 Å². The molecule has 0 heterocycles. The number of halogens is 1. The Bertz CT molecular complexity index is 866. The monoisotopic (exact) mass is 416 g/mol. The number of carbonyl (C=O) groups is 3. The fourth-order valence-corrected chi connectivity index (χ4v) is 2.87. The van der Waals surface area contributed by atoms with E-state index in [1.165, 1.54) is 0 Å². The highest BCUT2D eigenvalue weighted by molar-refractivity contribution is 6.30. The molecule has 0 radical (unpaired) electrons. The first-order valence-electron chi connectivity index (χ1n) is 9.20. The third-order valence-corrected chi connectivity index (χ3v) is 4.63. The molecule has 154 valence electrons. The van der Waals surface area contributed by atoms with Crippen LogP contribution in [0.5, 0.6) is 0 Å². The Morgan fingerprint density at radius 1 is 0.897 bits per heavy atom. The lowest BCUT2D eigenvalue weighted by atomic mass is 10.0. The average Bonchev–Trinajstić information content (AvgIpc) is 2.66. The number of urea groups is 1. The topological polar surface area (TPSA) is 113 Å². The number of rotatable bonds is 7. The van der Waals surface area contributed by atoms with E-state index in [-0.39, 0.29) is 23.8 Å². The number of amides is 4. The Morgan fingerprint density at radius 3 is 2.00 bits per heavy atom. The van der Waals surface area contributed by atoms with Crippen LogP contribution in [0, 0.1) is 5.92 Å². The number of anilines is 1. The van der Waals surface area contributed by atoms with Crippen LogP contribution in [0.3, 0.4) is 0 Å².